The Kier molecular flexibility index (Phi) is 4.26. The van der Waals surface area contributed by atoms with Gasteiger partial charge in [-0.1, -0.05) is 0 Å². The van der Waals surface area contributed by atoms with E-state index in [2.05, 4.69) is 33.3 Å². The molecule has 2 aromatic heterocycles. The van der Waals surface area contributed by atoms with E-state index in [-0.39, 0.29) is 0 Å². The van der Waals surface area contributed by atoms with Crippen LogP contribution in [-0.4, -0.2) is 53.2 Å². The highest BCUT2D eigenvalue weighted by atomic mass is 16.3. The van der Waals surface area contributed by atoms with Crippen molar-refractivity contribution < 1.29 is 5.11 Å². The Bertz CT molecular complexity index is 621. The van der Waals surface area contributed by atoms with Gasteiger partial charge in [-0.15, -0.1) is 10.2 Å². The summed E-state index contributed by atoms with van der Waals surface area (Å²) in [7, 11) is 1.92. The minimum atomic E-state index is -0.722. The van der Waals surface area contributed by atoms with E-state index in [1.54, 1.807) is 6.33 Å². The predicted octanol–water partition coefficient (Wildman–Crippen LogP) is 0.601. The van der Waals surface area contributed by atoms with Crippen LogP contribution in [0, 0.1) is 0 Å². The molecule has 1 N–H and O–H groups in total. The quantitative estimate of drug-likeness (QED) is 0.876. The zero-order valence-corrected chi connectivity index (χ0v) is 13.3. The number of hydrogen-bond donors (Lipinski definition) is 1. The van der Waals surface area contributed by atoms with Crippen molar-refractivity contribution in [3.05, 3.63) is 30.1 Å². The fraction of sp³-hybridized carbons (Fsp3) is 0.667. The first-order valence-electron chi connectivity index (χ1n) is 7.87. The van der Waals surface area contributed by atoms with E-state index in [0.29, 0.717) is 13.0 Å². The standard InChI is InChI=1S/C15H24N6O/c1-3-21-10-13(8-17-21)9-20-6-4-5-15(22,11-20)7-14-18-16-12-19(14)2/h8,10,12,22H,3-7,9,11H2,1-2H3. The maximum absolute atomic E-state index is 10.9. The molecule has 1 aliphatic rings. The zero-order chi connectivity index (χ0) is 15.6. The molecular weight excluding hydrogens is 280 g/mol. The normalized spacial score (nSPS) is 23.0. The van der Waals surface area contributed by atoms with Crippen molar-refractivity contribution >= 4 is 0 Å². The van der Waals surface area contributed by atoms with Gasteiger partial charge in [-0.3, -0.25) is 9.58 Å². The van der Waals surface area contributed by atoms with E-state index in [1.807, 2.05) is 22.5 Å². The molecule has 0 amide bonds. The number of aryl methyl sites for hydroxylation is 2. The average Bonchev–Trinajstić information content (AvgIpc) is 3.08. The van der Waals surface area contributed by atoms with Crippen LogP contribution in [0.25, 0.3) is 0 Å². The van der Waals surface area contributed by atoms with Gasteiger partial charge in [0.1, 0.15) is 12.2 Å². The van der Waals surface area contributed by atoms with E-state index >= 15 is 0 Å². The van der Waals surface area contributed by atoms with Crippen LogP contribution < -0.4 is 0 Å². The summed E-state index contributed by atoms with van der Waals surface area (Å²) in [6.45, 7) is 5.48. The molecule has 3 heterocycles. The van der Waals surface area contributed by atoms with Gasteiger partial charge in [0.2, 0.25) is 0 Å². The maximum Gasteiger partial charge on any atom is 0.135 e. The summed E-state index contributed by atoms with van der Waals surface area (Å²) in [6.07, 6.45) is 8.03. The van der Waals surface area contributed by atoms with Crippen molar-refractivity contribution in [3.63, 3.8) is 0 Å². The molecule has 7 nitrogen and oxygen atoms in total. The number of hydrogen-bond acceptors (Lipinski definition) is 5. The van der Waals surface area contributed by atoms with Gasteiger partial charge < -0.3 is 9.67 Å². The van der Waals surface area contributed by atoms with Gasteiger partial charge in [-0.2, -0.15) is 5.10 Å². The van der Waals surface area contributed by atoms with Gasteiger partial charge >= 0.3 is 0 Å². The highest BCUT2D eigenvalue weighted by Crippen LogP contribution is 2.25. The first-order valence-corrected chi connectivity index (χ1v) is 7.87. The molecule has 1 atom stereocenters. The molecule has 0 saturated carbocycles. The Morgan fingerprint density at radius 1 is 1.41 bits per heavy atom. The summed E-state index contributed by atoms with van der Waals surface area (Å²) in [5.74, 6) is 0.836. The van der Waals surface area contributed by atoms with Crippen molar-refractivity contribution in [1.29, 1.82) is 0 Å². The summed E-state index contributed by atoms with van der Waals surface area (Å²) >= 11 is 0. The molecule has 2 aromatic rings. The molecule has 120 valence electrons. The van der Waals surface area contributed by atoms with Crippen molar-refractivity contribution in [1.82, 2.24) is 29.4 Å². The average molecular weight is 304 g/mol. The Morgan fingerprint density at radius 2 is 2.27 bits per heavy atom. The van der Waals surface area contributed by atoms with E-state index in [1.165, 1.54) is 5.56 Å². The fourth-order valence-electron chi connectivity index (χ4n) is 3.17. The lowest BCUT2D eigenvalue weighted by Crippen LogP contribution is -2.49. The summed E-state index contributed by atoms with van der Waals surface area (Å²) < 4.78 is 3.81. The molecule has 22 heavy (non-hydrogen) atoms. The first-order chi connectivity index (χ1) is 10.6. The largest absolute Gasteiger partial charge is 0.388 e. The van der Waals surface area contributed by atoms with Crippen LogP contribution in [0.5, 0.6) is 0 Å². The molecule has 1 unspecified atom stereocenters. The molecule has 0 bridgehead atoms. The second-order valence-corrected chi connectivity index (χ2v) is 6.28. The topological polar surface area (TPSA) is 72.0 Å². The number of nitrogens with zero attached hydrogens (tertiary/aromatic N) is 6. The van der Waals surface area contributed by atoms with Gasteiger partial charge in [0.05, 0.1) is 11.8 Å². The van der Waals surface area contributed by atoms with E-state index in [9.17, 15) is 5.11 Å². The highest BCUT2D eigenvalue weighted by Gasteiger charge is 2.34. The minimum Gasteiger partial charge on any atom is -0.388 e. The molecule has 1 saturated heterocycles. The van der Waals surface area contributed by atoms with Crippen molar-refractivity contribution in [2.75, 3.05) is 13.1 Å². The third kappa shape index (κ3) is 3.36. The monoisotopic (exact) mass is 304 g/mol. The summed E-state index contributed by atoms with van der Waals surface area (Å²) in [5.41, 5.74) is 0.476. The van der Waals surface area contributed by atoms with Crippen LogP contribution in [0.4, 0.5) is 0 Å². The Labute approximate surface area is 130 Å². The van der Waals surface area contributed by atoms with Crippen molar-refractivity contribution in [3.8, 4) is 0 Å². The van der Waals surface area contributed by atoms with Gasteiger partial charge in [-0.25, -0.2) is 0 Å². The second-order valence-electron chi connectivity index (χ2n) is 6.28. The predicted molar refractivity (Wildman–Crippen MR) is 82.1 cm³/mol. The SMILES string of the molecule is CCn1cc(CN2CCCC(O)(Cc3nncn3C)C2)cn1. The van der Waals surface area contributed by atoms with E-state index < -0.39 is 5.60 Å². The highest BCUT2D eigenvalue weighted by molar-refractivity contribution is 5.05. The maximum atomic E-state index is 10.9. The van der Waals surface area contributed by atoms with Crippen molar-refractivity contribution in [2.24, 2.45) is 7.05 Å². The number of β-amino-alcohol motifs (C(OH)–C–C–N with tert-alkyl or cyclic N) is 1. The Balaban J connectivity index is 1.64. The van der Waals surface area contributed by atoms with Crippen LogP contribution in [0.1, 0.15) is 31.2 Å². The summed E-state index contributed by atoms with van der Waals surface area (Å²) in [4.78, 5) is 2.30. The molecule has 7 heteroatoms. The zero-order valence-electron chi connectivity index (χ0n) is 13.3. The molecule has 1 aliphatic heterocycles. The summed E-state index contributed by atoms with van der Waals surface area (Å²) in [6, 6.07) is 0. The third-order valence-electron chi connectivity index (χ3n) is 4.34. The number of aromatic nitrogens is 5. The van der Waals surface area contributed by atoms with Gasteiger partial charge in [0.25, 0.3) is 0 Å². The van der Waals surface area contributed by atoms with Crippen LogP contribution in [0.2, 0.25) is 0 Å². The molecule has 0 aliphatic carbocycles. The van der Waals surface area contributed by atoms with Gasteiger partial charge in [0, 0.05) is 44.9 Å². The molecular formula is C15H24N6O. The van der Waals surface area contributed by atoms with Crippen LogP contribution in [-0.2, 0) is 26.6 Å². The lowest BCUT2D eigenvalue weighted by atomic mass is 9.89. The van der Waals surface area contributed by atoms with Crippen molar-refractivity contribution in [2.45, 2.75) is 44.9 Å². The summed E-state index contributed by atoms with van der Waals surface area (Å²) in [5, 5.41) is 23.2. The number of piperidine rings is 1. The fourth-order valence-corrected chi connectivity index (χ4v) is 3.17. The van der Waals surface area contributed by atoms with E-state index in [0.717, 1.165) is 38.3 Å². The Morgan fingerprint density at radius 3 is 2.95 bits per heavy atom. The minimum absolute atomic E-state index is 0.550. The lowest BCUT2D eigenvalue weighted by Gasteiger charge is -2.38. The lowest BCUT2D eigenvalue weighted by molar-refractivity contribution is -0.0344. The third-order valence-corrected chi connectivity index (χ3v) is 4.34. The van der Waals surface area contributed by atoms with E-state index in [4.69, 9.17) is 0 Å². The first kappa shape index (κ1) is 15.2. The molecule has 0 spiro atoms. The van der Waals surface area contributed by atoms with Crippen LogP contribution in [0.3, 0.4) is 0 Å². The molecule has 3 rings (SSSR count). The van der Waals surface area contributed by atoms with Gasteiger partial charge in [-0.05, 0) is 26.3 Å². The number of likely N-dealkylation sites (tertiary alicyclic amines) is 1. The van der Waals surface area contributed by atoms with Crippen LogP contribution in [0.15, 0.2) is 18.7 Å². The number of rotatable bonds is 5. The molecule has 0 aromatic carbocycles. The molecule has 0 radical (unpaired) electrons. The smallest absolute Gasteiger partial charge is 0.135 e. The van der Waals surface area contributed by atoms with Gasteiger partial charge in [0.15, 0.2) is 0 Å². The Hall–Kier alpha value is -1.73. The van der Waals surface area contributed by atoms with Crippen LogP contribution >= 0.6 is 0 Å². The number of aliphatic hydroxyl groups is 1. The molecule has 1 fully saturated rings. The second kappa shape index (κ2) is 6.18.